The van der Waals surface area contributed by atoms with Gasteiger partial charge in [0, 0.05) is 29.3 Å². The van der Waals surface area contributed by atoms with Crippen molar-refractivity contribution in [2.75, 3.05) is 23.3 Å². The van der Waals surface area contributed by atoms with Crippen molar-refractivity contribution in [3.8, 4) is 6.07 Å². The molecule has 1 aromatic carbocycles. The number of nitrogens with one attached hydrogen (secondary N) is 1. The lowest BCUT2D eigenvalue weighted by atomic mass is 10.2. The van der Waals surface area contributed by atoms with E-state index in [2.05, 4.69) is 54.3 Å². The molecule has 1 aromatic heterocycles. The molecule has 0 bridgehead atoms. The van der Waals surface area contributed by atoms with Crippen LogP contribution in [0.2, 0.25) is 0 Å². The number of rotatable bonds is 3. The minimum Gasteiger partial charge on any atom is -0.368 e. The Labute approximate surface area is 138 Å². The topological polar surface area (TPSA) is 64.8 Å². The number of nitrogens with zero attached hydrogens (tertiary/aromatic N) is 4. The third kappa shape index (κ3) is 3.20. The molecule has 3 rings (SSSR count). The molecule has 22 heavy (non-hydrogen) atoms. The summed E-state index contributed by atoms with van der Waals surface area (Å²) < 4.78 is 1.11. The first kappa shape index (κ1) is 14.8. The molecule has 1 aliphatic rings. The second-order valence-corrected chi connectivity index (χ2v) is 6.21. The van der Waals surface area contributed by atoms with Crippen LogP contribution in [0.15, 0.2) is 34.8 Å². The number of halogens is 1. The second-order valence-electron chi connectivity index (χ2n) is 5.36. The summed E-state index contributed by atoms with van der Waals surface area (Å²) in [5, 5.41) is 12.3. The van der Waals surface area contributed by atoms with E-state index in [1.165, 1.54) is 5.69 Å². The van der Waals surface area contributed by atoms with Crippen LogP contribution < -0.4 is 10.2 Å². The first-order chi connectivity index (χ1) is 10.7. The Morgan fingerprint density at radius 2 is 2.18 bits per heavy atom. The van der Waals surface area contributed by atoms with Gasteiger partial charge in [0.15, 0.2) is 0 Å². The fourth-order valence-corrected chi connectivity index (χ4v) is 3.21. The first-order valence-electron chi connectivity index (χ1n) is 7.17. The standard InChI is InChI=1S/C16H16BrN5/c1-11-8-13(9-18)21-16(19-11)20-12-6-7-22(10-12)15-5-3-2-4-14(15)17/h2-5,8,12H,6-7,10H2,1H3,(H,19,20,21). The van der Waals surface area contributed by atoms with Crippen LogP contribution in [-0.4, -0.2) is 29.1 Å². The minimum absolute atomic E-state index is 0.278. The Kier molecular flexibility index (Phi) is 4.25. The molecule has 1 unspecified atom stereocenters. The third-order valence-electron chi connectivity index (χ3n) is 3.68. The quantitative estimate of drug-likeness (QED) is 0.913. The monoisotopic (exact) mass is 357 g/mol. The fourth-order valence-electron chi connectivity index (χ4n) is 2.68. The number of aryl methyl sites for hydroxylation is 1. The molecule has 1 N–H and O–H groups in total. The third-order valence-corrected chi connectivity index (χ3v) is 4.35. The maximum Gasteiger partial charge on any atom is 0.224 e. The number of nitriles is 1. The van der Waals surface area contributed by atoms with E-state index in [4.69, 9.17) is 5.26 Å². The van der Waals surface area contributed by atoms with E-state index < -0.39 is 0 Å². The lowest BCUT2D eigenvalue weighted by Crippen LogP contribution is -2.27. The maximum atomic E-state index is 8.99. The summed E-state index contributed by atoms with van der Waals surface area (Å²) in [6, 6.07) is 12.3. The van der Waals surface area contributed by atoms with Gasteiger partial charge in [0.2, 0.25) is 5.95 Å². The van der Waals surface area contributed by atoms with Gasteiger partial charge in [0.1, 0.15) is 11.8 Å². The van der Waals surface area contributed by atoms with Gasteiger partial charge in [0.05, 0.1) is 5.69 Å². The molecule has 112 valence electrons. The van der Waals surface area contributed by atoms with Crippen LogP contribution in [-0.2, 0) is 0 Å². The van der Waals surface area contributed by atoms with Crippen LogP contribution in [0.4, 0.5) is 11.6 Å². The highest BCUT2D eigenvalue weighted by atomic mass is 79.9. The molecule has 2 heterocycles. The van der Waals surface area contributed by atoms with Crippen molar-refractivity contribution < 1.29 is 0 Å². The van der Waals surface area contributed by atoms with Gasteiger partial charge in [-0.25, -0.2) is 9.97 Å². The van der Waals surface area contributed by atoms with E-state index in [-0.39, 0.29) is 6.04 Å². The van der Waals surface area contributed by atoms with Gasteiger partial charge in [-0.05, 0) is 47.5 Å². The largest absolute Gasteiger partial charge is 0.368 e. The molecule has 1 saturated heterocycles. The molecular formula is C16H16BrN5. The van der Waals surface area contributed by atoms with E-state index in [1.54, 1.807) is 6.07 Å². The van der Waals surface area contributed by atoms with E-state index in [0.717, 1.165) is 29.7 Å². The Morgan fingerprint density at radius 1 is 1.36 bits per heavy atom. The molecule has 0 saturated carbocycles. The van der Waals surface area contributed by atoms with Gasteiger partial charge in [-0.15, -0.1) is 0 Å². The fraction of sp³-hybridized carbons (Fsp3) is 0.312. The van der Waals surface area contributed by atoms with Crippen molar-refractivity contribution in [2.24, 2.45) is 0 Å². The van der Waals surface area contributed by atoms with Crippen molar-refractivity contribution in [3.63, 3.8) is 0 Å². The van der Waals surface area contributed by atoms with Gasteiger partial charge in [-0.3, -0.25) is 0 Å². The van der Waals surface area contributed by atoms with Gasteiger partial charge in [0.25, 0.3) is 0 Å². The number of anilines is 2. The first-order valence-corrected chi connectivity index (χ1v) is 7.97. The summed E-state index contributed by atoms with van der Waals surface area (Å²) in [7, 11) is 0. The number of hydrogen-bond acceptors (Lipinski definition) is 5. The molecule has 1 atom stereocenters. The van der Waals surface area contributed by atoms with E-state index >= 15 is 0 Å². The summed E-state index contributed by atoms with van der Waals surface area (Å²) in [5.41, 5.74) is 2.40. The maximum absolute atomic E-state index is 8.99. The normalized spacial score (nSPS) is 17.3. The van der Waals surface area contributed by atoms with Crippen molar-refractivity contribution in [3.05, 3.63) is 46.2 Å². The average Bonchev–Trinajstić information content (AvgIpc) is 2.95. The van der Waals surface area contributed by atoms with Crippen LogP contribution in [0.1, 0.15) is 17.8 Å². The summed E-state index contributed by atoms with van der Waals surface area (Å²) in [4.78, 5) is 10.9. The summed E-state index contributed by atoms with van der Waals surface area (Å²) in [5.74, 6) is 0.538. The van der Waals surface area contributed by atoms with Crippen molar-refractivity contribution in [1.29, 1.82) is 5.26 Å². The van der Waals surface area contributed by atoms with Crippen molar-refractivity contribution >= 4 is 27.6 Å². The van der Waals surface area contributed by atoms with E-state index in [0.29, 0.717) is 11.6 Å². The van der Waals surface area contributed by atoms with Crippen LogP contribution in [0.3, 0.4) is 0 Å². The predicted octanol–water partition coefficient (Wildman–Crippen LogP) is 3.11. The summed E-state index contributed by atoms with van der Waals surface area (Å²) in [6.45, 7) is 3.74. The second kappa shape index (κ2) is 6.32. The van der Waals surface area contributed by atoms with Gasteiger partial charge in [-0.1, -0.05) is 12.1 Å². The Balaban J connectivity index is 1.70. The molecule has 1 fully saturated rings. The number of benzene rings is 1. The summed E-state index contributed by atoms with van der Waals surface area (Å²) in [6.07, 6.45) is 1.01. The molecular weight excluding hydrogens is 342 g/mol. The highest BCUT2D eigenvalue weighted by molar-refractivity contribution is 9.10. The van der Waals surface area contributed by atoms with Crippen molar-refractivity contribution in [1.82, 2.24) is 9.97 Å². The van der Waals surface area contributed by atoms with Crippen LogP contribution in [0, 0.1) is 18.3 Å². The molecule has 6 heteroatoms. The lowest BCUT2D eigenvalue weighted by Gasteiger charge is -2.20. The Hall–Kier alpha value is -2.13. The lowest BCUT2D eigenvalue weighted by molar-refractivity contribution is 0.789. The smallest absolute Gasteiger partial charge is 0.224 e. The van der Waals surface area contributed by atoms with Gasteiger partial charge in [-0.2, -0.15) is 5.26 Å². The Morgan fingerprint density at radius 3 is 2.95 bits per heavy atom. The zero-order valence-electron chi connectivity index (χ0n) is 12.3. The van der Waals surface area contributed by atoms with Crippen molar-refractivity contribution in [2.45, 2.75) is 19.4 Å². The molecule has 5 nitrogen and oxygen atoms in total. The van der Waals surface area contributed by atoms with E-state index in [1.807, 2.05) is 19.1 Å². The summed E-state index contributed by atoms with van der Waals surface area (Å²) >= 11 is 3.60. The Bertz CT molecular complexity index is 725. The molecule has 0 aliphatic carbocycles. The van der Waals surface area contributed by atoms with Gasteiger partial charge >= 0.3 is 0 Å². The molecule has 0 spiro atoms. The van der Waals surface area contributed by atoms with Crippen LogP contribution in [0.25, 0.3) is 0 Å². The molecule has 0 radical (unpaired) electrons. The zero-order chi connectivity index (χ0) is 15.5. The van der Waals surface area contributed by atoms with Crippen LogP contribution >= 0.6 is 15.9 Å². The molecule has 1 aliphatic heterocycles. The predicted molar refractivity (Wildman–Crippen MR) is 89.9 cm³/mol. The number of aromatic nitrogens is 2. The van der Waals surface area contributed by atoms with Gasteiger partial charge < -0.3 is 10.2 Å². The molecule has 0 amide bonds. The SMILES string of the molecule is Cc1cc(C#N)nc(NC2CCN(c3ccccc3Br)C2)n1. The highest BCUT2D eigenvalue weighted by Crippen LogP contribution is 2.29. The van der Waals surface area contributed by atoms with Crippen LogP contribution in [0.5, 0.6) is 0 Å². The highest BCUT2D eigenvalue weighted by Gasteiger charge is 2.24. The number of para-hydroxylation sites is 1. The minimum atomic E-state index is 0.278. The zero-order valence-corrected chi connectivity index (χ0v) is 13.8. The van der Waals surface area contributed by atoms with E-state index in [9.17, 15) is 0 Å². The molecule has 2 aromatic rings. The average molecular weight is 358 g/mol. The number of hydrogen-bond donors (Lipinski definition) is 1.